The van der Waals surface area contributed by atoms with Gasteiger partial charge in [-0.1, -0.05) is 140 Å². The molecule has 0 saturated carbocycles. The van der Waals surface area contributed by atoms with Gasteiger partial charge < -0.3 is 4.74 Å². The molecule has 8 aromatic rings. The van der Waals surface area contributed by atoms with Crippen LogP contribution in [0.1, 0.15) is 22.3 Å². The Morgan fingerprint density at radius 3 is 1.42 bits per heavy atom. The molecule has 6 aromatic carbocycles. The molecule has 3 heterocycles. The highest BCUT2D eigenvalue weighted by atomic mass is 16.5. The molecule has 1 aliphatic heterocycles. The monoisotopic (exact) mass is 640 g/mol. The van der Waals surface area contributed by atoms with Gasteiger partial charge in [0.05, 0.1) is 5.41 Å². The zero-order valence-corrected chi connectivity index (χ0v) is 26.9. The molecule has 234 valence electrons. The Morgan fingerprint density at radius 2 is 0.860 bits per heavy atom. The number of pyridine rings is 1. The Kier molecular flexibility index (Phi) is 6.33. The molecule has 1 aliphatic carbocycles. The van der Waals surface area contributed by atoms with Gasteiger partial charge in [0.15, 0.2) is 17.5 Å². The Hall–Kier alpha value is -6.72. The second-order valence-corrected chi connectivity index (χ2v) is 12.6. The van der Waals surface area contributed by atoms with Gasteiger partial charge in [-0.15, -0.1) is 0 Å². The maximum Gasteiger partial charge on any atom is 0.164 e. The summed E-state index contributed by atoms with van der Waals surface area (Å²) in [5.41, 5.74) is 11.4. The van der Waals surface area contributed by atoms with Crippen LogP contribution in [0.2, 0.25) is 0 Å². The van der Waals surface area contributed by atoms with E-state index in [0.29, 0.717) is 17.5 Å². The van der Waals surface area contributed by atoms with Crippen molar-refractivity contribution in [1.82, 2.24) is 19.9 Å². The van der Waals surface area contributed by atoms with Crippen LogP contribution < -0.4 is 4.74 Å². The van der Waals surface area contributed by atoms with Crippen LogP contribution in [0.15, 0.2) is 170 Å². The van der Waals surface area contributed by atoms with Crippen LogP contribution in [0.3, 0.4) is 0 Å². The van der Waals surface area contributed by atoms with E-state index in [1.165, 1.54) is 22.3 Å². The Morgan fingerprint density at radius 1 is 0.380 bits per heavy atom. The lowest BCUT2D eigenvalue weighted by atomic mass is 9.66. The number of ether oxygens (including phenoxy) is 1. The number of hydrogen-bond donors (Lipinski definition) is 0. The number of hydrogen-bond acceptors (Lipinski definition) is 5. The number of benzene rings is 6. The molecule has 0 unspecified atom stereocenters. The third kappa shape index (κ3) is 4.27. The second kappa shape index (κ2) is 11.2. The average Bonchev–Trinajstić information content (AvgIpc) is 3.49. The SMILES string of the molecule is c1ccc(-c2nc(-c3ccccc3)nc(-c3ccc4c(c3)Oc3cc(-c5cccnc5)ccc3C43c4ccccc4-c4ccccc43)n2)cc1. The normalized spacial score (nSPS) is 13.1. The van der Waals surface area contributed by atoms with Crippen molar-refractivity contribution in [2.24, 2.45) is 0 Å². The largest absolute Gasteiger partial charge is 0.457 e. The second-order valence-electron chi connectivity index (χ2n) is 12.6. The van der Waals surface area contributed by atoms with Crippen LogP contribution in [0.25, 0.3) is 56.4 Å². The number of nitrogens with zero attached hydrogens (tertiary/aromatic N) is 4. The van der Waals surface area contributed by atoms with Gasteiger partial charge in [-0.25, -0.2) is 15.0 Å². The highest BCUT2D eigenvalue weighted by Crippen LogP contribution is 2.62. The van der Waals surface area contributed by atoms with Gasteiger partial charge in [0, 0.05) is 45.8 Å². The topological polar surface area (TPSA) is 60.8 Å². The molecule has 2 aliphatic rings. The van der Waals surface area contributed by atoms with Crippen molar-refractivity contribution in [3.8, 4) is 67.9 Å². The quantitative estimate of drug-likeness (QED) is 0.192. The Balaban J connectivity index is 1.22. The van der Waals surface area contributed by atoms with Gasteiger partial charge >= 0.3 is 0 Å². The van der Waals surface area contributed by atoms with Gasteiger partial charge in [0.25, 0.3) is 0 Å². The van der Waals surface area contributed by atoms with Crippen LogP contribution in [-0.4, -0.2) is 19.9 Å². The first kappa shape index (κ1) is 28.3. The van der Waals surface area contributed by atoms with Crippen LogP contribution in [0, 0.1) is 0 Å². The molecule has 0 radical (unpaired) electrons. The van der Waals surface area contributed by atoms with E-state index in [0.717, 1.165) is 50.4 Å². The Bertz CT molecular complexity index is 2470. The van der Waals surface area contributed by atoms with Crippen LogP contribution in [-0.2, 0) is 5.41 Å². The summed E-state index contributed by atoms with van der Waals surface area (Å²) in [5.74, 6) is 3.41. The van der Waals surface area contributed by atoms with Gasteiger partial charge in [-0.2, -0.15) is 0 Å². The summed E-state index contributed by atoms with van der Waals surface area (Å²) in [6, 6.07) is 54.7. The van der Waals surface area contributed by atoms with Crippen molar-refractivity contribution in [2.45, 2.75) is 5.41 Å². The average molecular weight is 641 g/mol. The molecule has 0 amide bonds. The van der Waals surface area contributed by atoms with E-state index in [9.17, 15) is 0 Å². The smallest absolute Gasteiger partial charge is 0.164 e. The summed E-state index contributed by atoms with van der Waals surface area (Å²) in [5, 5.41) is 0. The first-order valence-electron chi connectivity index (χ1n) is 16.7. The van der Waals surface area contributed by atoms with Crippen molar-refractivity contribution in [3.63, 3.8) is 0 Å². The number of fused-ring (bicyclic) bond motifs is 9. The summed E-state index contributed by atoms with van der Waals surface area (Å²) in [6.45, 7) is 0. The van der Waals surface area contributed by atoms with E-state index in [2.05, 4.69) is 96.0 Å². The lowest BCUT2D eigenvalue weighted by molar-refractivity contribution is 0.437. The molecular formula is C45H28N4O. The lowest BCUT2D eigenvalue weighted by Crippen LogP contribution is -2.32. The first-order chi connectivity index (χ1) is 24.8. The van der Waals surface area contributed by atoms with Crippen LogP contribution in [0.5, 0.6) is 11.5 Å². The summed E-state index contributed by atoms with van der Waals surface area (Å²) >= 11 is 0. The van der Waals surface area contributed by atoms with Gasteiger partial charge in [0.1, 0.15) is 11.5 Å². The fourth-order valence-corrected chi connectivity index (χ4v) is 7.70. The maximum absolute atomic E-state index is 6.96. The van der Waals surface area contributed by atoms with Crippen molar-refractivity contribution in [2.75, 3.05) is 0 Å². The van der Waals surface area contributed by atoms with Gasteiger partial charge in [-0.3, -0.25) is 4.98 Å². The van der Waals surface area contributed by atoms with E-state index in [4.69, 9.17) is 19.7 Å². The van der Waals surface area contributed by atoms with E-state index in [1.54, 1.807) is 6.20 Å². The molecule has 2 aromatic heterocycles. The standard InChI is InChI=1S/C45H28N4O/c1-3-12-29(13-4-1)42-47-43(30-14-5-2-6-15-30)49-44(48-42)32-22-24-39-41(27-32)50-40-26-31(33-16-11-25-46-28-33)21-23-38(40)45(39)36-19-9-7-17-34(36)35-18-8-10-20-37(35)45/h1-28H. The molecule has 10 rings (SSSR count). The minimum Gasteiger partial charge on any atom is -0.457 e. The molecule has 5 nitrogen and oxygen atoms in total. The number of aromatic nitrogens is 4. The molecular weight excluding hydrogens is 613 g/mol. The van der Waals surface area contributed by atoms with Crippen molar-refractivity contribution in [1.29, 1.82) is 0 Å². The molecule has 0 fully saturated rings. The third-order valence-electron chi connectivity index (χ3n) is 9.90. The molecule has 1 spiro atoms. The minimum absolute atomic E-state index is 0.578. The lowest BCUT2D eigenvalue weighted by Gasteiger charge is -2.39. The van der Waals surface area contributed by atoms with Crippen LogP contribution in [0.4, 0.5) is 0 Å². The van der Waals surface area contributed by atoms with E-state index < -0.39 is 5.41 Å². The summed E-state index contributed by atoms with van der Waals surface area (Å²) in [4.78, 5) is 19.3. The summed E-state index contributed by atoms with van der Waals surface area (Å²) in [6.07, 6.45) is 3.69. The zero-order chi connectivity index (χ0) is 33.1. The zero-order valence-electron chi connectivity index (χ0n) is 26.9. The highest BCUT2D eigenvalue weighted by Gasteiger charge is 2.51. The number of rotatable bonds is 4. The first-order valence-corrected chi connectivity index (χ1v) is 16.7. The molecule has 0 bridgehead atoms. The minimum atomic E-state index is -0.578. The fourth-order valence-electron chi connectivity index (χ4n) is 7.70. The molecule has 50 heavy (non-hydrogen) atoms. The van der Waals surface area contributed by atoms with Crippen molar-refractivity contribution < 1.29 is 4.74 Å². The van der Waals surface area contributed by atoms with E-state index >= 15 is 0 Å². The predicted octanol–water partition coefficient (Wildman–Crippen LogP) is 10.4. The summed E-state index contributed by atoms with van der Waals surface area (Å²) in [7, 11) is 0. The van der Waals surface area contributed by atoms with Crippen molar-refractivity contribution >= 4 is 0 Å². The maximum atomic E-state index is 6.96. The van der Waals surface area contributed by atoms with Gasteiger partial charge in [-0.05, 0) is 46.0 Å². The molecule has 0 N–H and O–H groups in total. The van der Waals surface area contributed by atoms with Crippen LogP contribution >= 0.6 is 0 Å². The van der Waals surface area contributed by atoms with Crippen molar-refractivity contribution in [3.05, 3.63) is 192 Å². The highest BCUT2D eigenvalue weighted by molar-refractivity contribution is 5.89. The molecule has 5 heteroatoms. The molecule has 0 atom stereocenters. The molecule has 0 saturated heterocycles. The van der Waals surface area contributed by atoms with Gasteiger partial charge in [0.2, 0.25) is 0 Å². The third-order valence-corrected chi connectivity index (χ3v) is 9.90. The van der Waals surface area contributed by atoms with E-state index in [-0.39, 0.29) is 0 Å². The van der Waals surface area contributed by atoms with E-state index in [1.807, 2.05) is 72.9 Å². The summed E-state index contributed by atoms with van der Waals surface area (Å²) < 4.78 is 6.96. The Labute approximate surface area is 289 Å². The fraction of sp³-hybridized carbons (Fsp3) is 0.0222. The predicted molar refractivity (Wildman–Crippen MR) is 197 cm³/mol.